The van der Waals surface area contributed by atoms with Crippen molar-refractivity contribution in [1.82, 2.24) is 0 Å². The summed E-state index contributed by atoms with van der Waals surface area (Å²) in [6, 6.07) is 19.3. The number of aliphatic imine (C=N–C) groups is 1. The Morgan fingerprint density at radius 2 is 1.82 bits per heavy atom. The second-order valence-electron chi connectivity index (χ2n) is 7.17. The summed E-state index contributed by atoms with van der Waals surface area (Å²) < 4.78 is 16.5. The molecule has 3 aromatic rings. The minimum atomic E-state index is -0.568. The van der Waals surface area contributed by atoms with Gasteiger partial charge in [-0.3, -0.25) is 0 Å². The van der Waals surface area contributed by atoms with Crippen molar-refractivity contribution in [2.45, 2.75) is 13.8 Å². The average Bonchev–Trinajstić information content (AvgIpc) is 3.17. The fourth-order valence-electron chi connectivity index (χ4n) is 3.25. The molecule has 0 aliphatic carbocycles. The largest absolute Gasteiger partial charge is 0.490 e. The van der Waals surface area contributed by atoms with Crippen LogP contribution in [0.15, 0.2) is 77.4 Å². The number of hydrogen-bond donors (Lipinski definition) is 0. The number of cyclic esters (lactones) is 1. The number of aryl methyl sites for hydroxylation is 1. The molecular formula is C26H20ClNO5. The first kappa shape index (κ1) is 22.3. The van der Waals surface area contributed by atoms with Gasteiger partial charge in [0.2, 0.25) is 5.90 Å². The Morgan fingerprint density at radius 1 is 1.09 bits per heavy atom. The zero-order valence-corrected chi connectivity index (χ0v) is 18.8. The predicted molar refractivity (Wildman–Crippen MR) is 126 cm³/mol. The molecule has 166 valence electrons. The van der Waals surface area contributed by atoms with Gasteiger partial charge in [-0.05, 0) is 61.4 Å². The molecule has 0 atom stereocenters. The van der Waals surface area contributed by atoms with Crippen LogP contribution in [-0.4, -0.2) is 24.4 Å². The van der Waals surface area contributed by atoms with Gasteiger partial charge >= 0.3 is 11.9 Å². The van der Waals surface area contributed by atoms with Crippen LogP contribution in [0, 0.1) is 6.92 Å². The average molecular weight is 462 g/mol. The number of rotatable bonds is 6. The number of halogens is 1. The summed E-state index contributed by atoms with van der Waals surface area (Å²) in [6.07, 6.45) is 1.55. The van der Waals surface area contributed by atoms with Gasteiger partial charge in [-0.2, -0.15) is 0 Å². The summed E-state index contributed by atoms with van der Waals surface area (Å²) >= 11 is 6.43. The monoisotopic (exact) mass is 461 g/mol. The van der Waals surface area contributed by atoms with Gasteiger partial charge in [0, 0.05) is 5.56 Å². The van der Waals surface area contributed by atoms with Gasteiger partial charge in [0.1, 0.15) is 0 Å². The Kier molecular flexibility index (Phi) is 6.56. The lowest BCUT2D eigenvalue weighted by atomic mass is 10.1. The van der Waals surface area contributed by atoms with Crippen molar-refractivity contribution in [2.75, 3.05) is 6.61 Å². The quantitative estimate of drug-likeness (QED) is 0.271. The lowest BCUT2D eigenvalue weighted by Crippen LogP contribution is -2.10. The van der Waals surface area contributed by atoms with Crippen LogP contribution in [0.1, 0.15) is 34.0 Å². The van der Waals surface area contributed by atoms with E-state index in [0.29, 0.717) is 17.7 Å². The Labute approximate surface area is 196 Å². The molecule has 0 spiro atoms. The molecule has 4 rings (SSSR count). The molecule has 0 bridgehead atoms. The maximum Gasteiger partial charge on any atom is 0.363 e. The van der Waals surface area contributed by atoms with Crippen molar-refractivity contribution in [3.63, 3.8) is 0 Å². The van der Waals surface area contributed by atoms with E-state index in [1.54, 1.807) is 55.5 Å². The van der Waals surface area contributed by atoms with Crippen molar-refractivity contribution in [3.8, 4) is 11.5 Å². The van der Waals surface area contributed by atoms with Crippen LogP contribution in [0.4, 0.5) is 0 Å². The van der Waals surface area contributed by atoms with Gasteiger partial charge in [0.05, 0.1) is 17.2 Å². The molecule has 1 aliphatic heterocycles. The van der Waals surface area contributed by atoms with E-state index in [0.717, 1.165) is 11.1 Å². The summed E-state index contributed by atoms with van der Waals surface area (Å²) in [4.78, 5) is 29.2. The number of ether oxygens (including phenoxy) is 3. The summed E-state index contributed by atoms with van der Waals surface area (Å²) in [5.74, 6) is -0.504. The molecule has 0 saturated heterocycles. The number of esters is 2. The molecule has 0 radical (unpaired) electrons. The van der Waals surface area contributed by atoms with Gasteiger partial charge in [0.15, 0.2) is 17.2 Å². The summed E-state index contributed by atoms with van der Waals surface area (Å²) in [5, 5.41) is 0.159. The van der Waals surface area contributed by atoms with E-state index < -0.39 is 11.9 Å². The molecular weight excluding hydrogens is 442 g/mol. The SMILES string of the molecule is CCOc1cc(/C=C2\N=C(c3ccccc3C)OC2=O)cc(Cl)c1OC(=O)c1ccccc1. The molecule has 33 heavy (non-hydrogen) atoms. The van der Waals surface area contributed by atoms with E-state index >= 15 is 0 Å². The third-order valence-electron chi connectivity index (χ3n) is 4.84. The maximum absolute atomic E-state index is 12.5. The molecule has 1 heterocycles. The fraction of sp³-hybridized carbons (Fsp3) is 0.115. The number of carbonyl (C=O) groups excluding carboxylic acids is 2. The third kappa shape index (κ3) is 4.96. The number of benzene rings is 3. The third-order valence-corrected chi connectivity index (χ3v) is 5.12. The van der Waals surface area contributed by atoms with E-state index in [4.69, 9.17) is 25.8 Å². The van der Waals surface area contributed by atoms with Crippen LogP contribution < -0.4 is 9.47 Å². The molecule has 1 aliphatic rings. The van der Waals surface area contributed by atoms with E-state index in [1.165, 1.54) is 0 Å². The first-order valence-corrected chi connectivity index (χ1v) is 10.7. The molecule has 0 fully saturated rings. The summed E-state index contributed by atoms with van der Waals surface area (Å²) in [6.45, 7) is 4.04. The predicted octanol–water partition coefficient (Wildman–Crippen LogP) is 5.61. The Hall–Kier alpha value is -3.90. The second-order valence-corrected chi connectivity index (χ2v) is 7.58. The van der Waals surface area contributed by atoms with E-state index in [2.05, 4.69) is 4.99 Å². The van der Waals surface area contributed by atoms with Crippen molar-refractivity contribution in [3.05, 3.63) is 99.7 Å². The first-order valence-electron chi connectivity index (χ1n) is 10.3. The van der Waals surface area contributed by atoms with Crippen molar-refractivity contribution in [1.29, 1.82) is 0 Å². The lowest BCUT2D eigenvalue weighted by molar-refractivity contribution is -0.129. The highest BCUT2D eigenvalue weighted by Gasteiger charge is 2.25. The highest BCUT2D eigenvalue weighted by Crippen LogP contribution is 2.38. The van der Waals surface area contributed by atoms with Crippen LogP contribution in [0.25, 0.3) is 6.08 Å². The number of nitrogens with zero attached hydrogens (tertiary/aromatic N) is 1. The molecule has 7 heteroatoms. The van der Waals surface area contributed by atoms with Crippen LogP contribution in [0.3, 0.4) is 0 Å². The molecule has 0 saturated carbocycles. The van der Waals surface area contributed by atoms with Crippen LogP contribution in [-0.2, 0) is 9.53 Å². The zero-order valence-electron chi connectivity index (χ0n) is 18.0. The molecule has 0 amide bonds. The molecule has 3 aromatic carbocycles. The Balaban J connectivity index is 1.66. The van der Waals surface area contributed by atoms with Crippen molar-refractivity contribution >= 4 is 35.5 Å². The van der Waals surface area contributed by atoms with Crippen LogP contribution >= 0.6 is 11.6 Å². The first-order chi connectivity index (χ1) is 16.0. The van der Waals surface area contributed by atoms with Crippen LogP contribution in [0.2, 0.25) is 5.02 Å². The van der Waals surface area contributed by atoms with E-state index in [-0.39, 0.29) is 28.1 Å². The highest BCUT2D eigenvalue weighted by atomic mass is 35.5. The number of hydrogen-bond acceptors (Lipinski definition) is 6. The fourth-order valence-corrected chi connectivity index (χ4v) is 3.51. The van der Waals surface area contributed by atoms with Gasteiger partial charge < -0.3 is 14.2 Å². The number of carbonyl (C=O) groups is 2. The van der Waals surface area contributed by atoms with E-state index in [9.17, 15) is 9.59 Å². The summed E-state index contributed by atoms with van der Waals surface area (Å²) in [5.41, 5.74) is 2.74. The zero-order chi connectivity index (χ0) is 23.4. The van der Waals surface area contributed by atoms with Gasteiger partial charge in [-0.15, -0.1) is 0 Å². The molecule has 6 nitrogen and oxygen atoms in total. The minimum absolute atomic E-state index is 0.104. The Morgan fingerprint density at radius 3 is 2.55 bits per heavy atom. The normalized spacial score (nSPS) is 14.1. The van der Waals surface area contributed by atoms with E-state index in [1.807, 2.05) is 31.2 Å². The van der Waals surface area contributed by atoms with Gasteiger partial charge in [0.25, 0.3) is 0 Å². The smallest absolute Gasteiger partial charge is 0.363 e. The second kappa shape index (κ2) is 9.71. The van der Waals surface area contributed by atoms with Crippen LogP contribution in [0.5, 0.6) is 11.5 Å². The minimum Gasteiger partial charge on any atom is -0.490 e. The maximum atomic E-state index is 12.5. The summed E-state index contributed by atoms with van der Waals surface area (Å²) in [7, 11) is 0. The van der Waals surface area contributed by atoms with Crippen molar-refractivity contribution in [2.24, 2.45) is 4.99 Å². The van der Waals surface area contributed by atoms with Crippen molar-refractivity contribution < 1.29 is 23.8 Å². The Bertz CT molecular complexity index is 1280. The standard InChI is InChI=1S/C26H20ClNO5/c1-3-31-22-15-17(13-20(27)23(22)32-25(29)18-10-5-4-6-11-18)14-21-26(30)33-24(28-21)19-12-8-7-9-16(19)2/h4-15H,3H2,1-2H3/b21-14-. The topological polar surface area (TPSA) is 74.2 Å². The van der Waals surface area contributed by atoms with Gasteiger partial charge in [-0.1, -0.05) is 48.0 Å². The van der Waals surface area contributed by atoms with Gasteiger partial charge in [-0.25, -0.2) is 14.6 Å². The lowest BCUT2D eigenvalue weighted by Gasteiger charge is -2.13. The molecule has 0 unspecified atom stereocenters. The highest BCUT2D eigenvalue weighted by molar-refractivity contribution is 6.32. The molecule has 0 N–H and O–H groups in total. The molecule has 0 aromatic heterocycles.